The van der Waals surface area contributed by atoms with Gasteiger partial charge in [-0.3, -0.25) is 0 Å². The molecule has 0 radical (unpaired) electrons. The van der Waals surface area contributed by atoms with Crippen LogP contribution >= 0.6 is 0 Å². The van der Waals surface area contributed by atoms with E-state index in [0.717, 1.165) is 43.6 Å². The minimum Gasteiger partial charge on any atom is -0.371 e. The maximum Gasteiger partial charge on any atom is 0.0991 e. The first-order valence-corrected chi connectivity index (χ1v) is 5.82. The maximum atomic E-state index is 8.75. The highest BCUT2D eigenvalue weighted by molar-refractivity contribution is 5.50. The van der Waals surface area contributed by atoms with Crippen molar-refractivity contribution in [2.24, 2.45) is 11.8 Å². The maximum absolute atomic E-state index is 8.75. The number of rotatable bonds is 1. The molecule has 0 saturated carbocycles. The van der Waals surface area contributed by atoms with E-state index < -0.39 is 0 Å². The van der Waals surface area contributed by atoms with E-state index in [0.29, 0.717) is 0 Å². The lowest BCUT2D eigenvalue weighted by Crippen LogP contribution is -2.25. The second kappa shape index (κ2) is 3.80. The van der Waals surface area contributed by atoms with E-state index in [1.807, 2.05) is 12.1 Å². The summed E-state index contributed by atoms with van der Waals surface area (Å²) in [5.74, 6) is 1.63. The molecule has 82 valence electrons. The predicted molar refractivity (Wildman–Crippen MR) is 63.2 cm³/mol. The lowest BCUT2D eigenvalue weighted by Gasteiger charge is -2.19. The zero-order chi connectivity index (χ0) is 11.0. The van der Waals surface area contributed by atoms with Crippen molar-refractivity contribution in [3.8, 4) is 6.07 Å². The summed E-state index contributed by atoms with van der Waals surface area (Å²) in [6.45, 7) is 4.64. The van der Waals surface area contributed by atoms with Gasteiger partial charge in [0.1, 0.15) is 0 Å². The third-order valence-electron chi connectivity index (χ3n) is 3.75. The Morgan fingerprint density at radius 2 is 1.75 bits per heavy atom. The van der Waals surface area contributed by atoms with Crippen LogP contribution in [0.4, 0.5) is 5.69 Å². The lowest BCUT2D eigenvalue weighted by molar-refractivity contribution is 0.533. The zero-order valence-electron chi connectivity index (χ0n) is 9.19. The third kappa shape index (κ3) is 1.56. The van der Waals surface area contributed by atoms with Gasteiger partial charge in [-0.25, -0.2) is 0 Å². The molecule has 3 rings (SSSR count). The third-order valence-corrected chi connectivity index (χ3v) is 3.75. The van der Waals surface area contributed by atoms with Crippen molar-refractivity contribution < 1.29 is 0 Å². The minimum atomic E-state index is 0.741. The molecule has 16 heavy (non-hydrogen) atoms. The van der Waals surface area contributed by atoms with Crippen molar-refractivity contribution in [1.82, 2.24) is 5.32 Å². The molecular formula is C13H15N3. The Morgan fingerprint density at radius 1 is 1.12 bits per heavy atom. The van der Waals surface area contributed by atoms with Crippen LogP contribution in [0.5, 0.6) is 0 Å². The average Bonchev–Trinajstić information content (AvgIpc) is 2.89. The van der Waals surface area contributed by atoms with Crippen molar-refractivity contribution in [2.45, 2.75) is 0 Å². The van der Waals surface area contributed by atoms with Gasteiger partial charge in [0.2, 0.25) is 0 Å². The molecule has 0 spiro atoms. The number of fused-ring (bicyclic) bond motifs is 1. The van der Waals surface area contributed by atoms with Gasteiger partial charge in [0.05, 0.1) is 11.6 Å². The molecule has 0 aromatic heterocycles. The van der Waals surface area contributed by atoms with Crippen LogP contribution in [0, 0.1) is 23.2 Å². The van der Waals surface area contributed by atoms with Gasteiger partial charge in [-0.05, 0) is 36.1 Å². The molecule has 2 saturated heterocycles. The fourth-order valence-corrected chi connectivity index (χ4v) is 2.81. The molecule has 0 amide bonds. The number of nitrogens with zero attached hydrogens (tertiary/aromatic N) is 2. The molecule has 2 aliphatic heterocycles. The van der Waals surface area contributed by atoms with Crippen LogP contribution in [0.3, 0.4) is 0 Å². The monoisotopic (exact) mass is 213 g/mol. The smallest absolute Gasteiger partial charge is 0.0991 e. The topological polar surface area (TPSA) is 39.1 Å². The molecule has 2 aliphatic rings. The summed E-state index contributed by atoms with van der Waals surface area (Å²) < 4.78 is 0. The predicted octanol–water partition coefficient (Wildman–Crippen LogP) is 1.21. The van der Waals surface area contributed by atoms with E-state index in [1.165, 1.54) is 5.69 Å². The summed E-state index contributed by atoms with van der Waals surface area (Å²) in [6.07, 6.45) is 0. The fourth-order valence-electron chi connectivity index (χ4n) is 2.81. The number of nitriles is 1. The van der Waals surface area contributed by atoms with Crippen molar-refractivity contribution in [2.75, 3.05) is 31.1 Å². The van der Waals surface area contributed by atoms with Crippen LogP contribution in [0.25, 0.3) is 0 Å². The Balaban J connectivity index is 1.76. The van der Waals surface area contributed by atoms with Gasteiger partial charge >= 0.3 is 0 Å². The number of hydrogen-bond donors (Lipinski definition) is 1. The summed E-state index contributed by atoms with van der Waals surface area (Å²) in [5.41, 5.74) is 2.00. The van der Waals surface area contributed by atoms with Gasteiger partial charge in [0.15, 0.2) is 0 Å². The van der Waals surface area contributed by atoms with E-state index in [-0.39, 0.29) is 0 Å². The van der Waals surface area contributed by atoms with Crippen molar-refractivity contribution in [3.63, 3.8) is 0 Å². The number of hydrogen-bond acceptors (Lipinski definition) is 3. The Labute approximate surface area is 95.7 Å². The molecule has 1 aromatic rings. The van der Waals surface area contributed by atoms with Gasteiger partial charge in [-0.2, -0.15) is 5.26 Å². The van der Waals surface area contributed by atoms with Crippen molar-refractivity contribution in [1.29, 1.82) is 5.26 Å². The number of benzene rings is 1. The number of anilines is 1. The molecule has 0 unspecified atom stereocenters. The molecule has 0 aliphatic carbocycles. The quantitative estimate of drug-likeness (QED) is 0.762. The van der Waals surface area contributed by atoms with E-state index in [4.69, 9.17) is 5.26 Å². The molecule has 2 heterocycles. The normalized spacial score (nSPS) is 27.8. The second-order valence-corrected chi connectivity index (χ2v) is 4.74. The molecule has 2 fully saturated rings. The molecule has 3 nitrogen and oxygen atoms in total. The fraction of sp³-hybridized carbons (Fsp3) is 0.462. The summed E-state index contributed by atoms with van der Waals surface area (Å²) >= 11 is 0. The van der Waals surface area contributed by atoms with Gasteiger partial charge in [0, 0.05) is 31.9 Å². The summed E-state index contributed by atoms with van der Waals surface area (Å²) in [4.78, 5) is 2.44. The van der Waals surface area contributed by atoms with Crippen LogP contribution in [0.1, 0.15) is 5.56 Å². The number of nitrogens with one attached hydrogen (secondary N) is 1. The minimum absolute atomic E-state index is 0.741. The van der Waals surface area contributed by atoms with Crippen LogP contribution in [0.2, 0.25) is 0 Å². The molecule has 1 aromatic carbocycles. The zero-order valence-corrected chi connectivity index (χ0v) is 9.19. The summed E-state index contributed by atoms with van der Waals surface area (Å²) in [7, 11) is 0. The highest BCUT2D eigenvalue weighted by Gasteiger charge is 2.35. The van der Waals surface area contributed by atoms with Crippen LogP contribution in [0.15, 0.2) is 24.3 Å². The van der Waals surface area contributed by atoms with Crippen LogP contribution in [-0.2, 0) is 0 Å². The molecule has 0 bridgehead atoms. The molecule has 1 N–H and O–H groups in total. The van der Waals surface area contributed by atoms with Gasteiger partial charge in [-0.1, -0.05) is 0 Å². The van der Waals surface area contributed by atoms with Gasteiger partial charge in [-0.15, -0.1) is 0 Å². The first-order valence-electron chi connectivity index (χ1n) is 5.82. The molecule has 2 atom stereocenters. The Kier molecular flexibility index (Phi) is 2.30. The Hall–Kier alpha value is -1.53. The van der Waals surface area contributed by atoms with E-state index >= 15 is 0 Å². The van der Waals surface area contributed by atoms with E-state index in [2.05, 4.69) is 28.4 Å². The first kappa shape index (κ1) is 9.68. The van der Waals surface area contributed by atoms with E-state index in [1.54, 1.807) is 0 Å². The summed E-state index contributed by atoms with van der Waals surface area (Å²) in [5, 5.41) is 12.2. The lowest BCUT2D eigenvalue weighted by atomic mass is 10.0. The standard InChI is InChI=1S/C13H15N3/c14-5-10-1-3-13(4-2-10)16-8-11-6-15-7-12(11)9-16/h1-4,11-12,15H,6-9H2/t11-,12+. The van der Waals surface area contributed by atoms with Crippen LogP contribution in [-0.4, -0.2) is 26.2 Å². The summed E-state index contributed by atoms with van der Waals surface area (Å²) in [6, 6.07) is 10.1. The van der Waals surface area contributed by atoms with E-state index in [9.17, 15) is 0 Å². The van der Waals surface area contributed by atoms with Crippen LogP contribution < -0.4 is 10.2 Å². The average molecular weight is 213 g/mol. The highest BCUT2D eigenvalue weighted by Crippen LogP contribution is 2.30. The molecular weight excluding hydrogens is 198 g/mol. The van der Waals surface area contributed by atoms with Crippen molar-refractivity contribution in [3.05, 3.63) is 29.8 Å². The SMILES string of the molecule is N#Cc1ccc(N2C[C@H]3CNC[C@H]3C2)cc1. The Bertz CT molecular complexity index is 406. The van der Waals surface area contributed by atoms with Gasteiger partial charge in [0.25, 0.3) is 0 Å². The highest BCUT2D eigenvalue weighted by atomic mass is 15.2. The van der Waals surface area contributed by atoms with Crippen molar-refractivity contribution >= 4 is 5.69 Å². The second-order valence-electron chi connectivity index (χ2n) is 4.74. The largest absolute Gasteiger partial charge is 0.371 e. The first-order chi connectivity index (χ1) is 7.86. The molecule has 3 heteroatoms. The Morgan fingerprint density at radius 3 is 2.31 bits per heavy atom. The van der Waals surface area contributed by atoms with Gasteiger partial charge < -0.3 is 10.2 Å².